The molecule has 1 aromatic heterocycles. The highest BCUT2D eigenvalue weighted by atomic mass is 32.2. The largest absolute Gasteiger partial charge is 0.332 e. The number of carbonyl (C=O) groups is 1. The van der Waals surface area contributed by atoms with E-state index in [2.05, 4.69) is 15.5 Å². The Balaban J connectivity index is 1.44. The van der Waals surface area contributed by atoms with Crippen LogP contribution >= 0.6 is 11.8 Å². The highest BCUT2D eigenvalue weighted by molar-refractivity contribution is 7.99. The number of aromatic amines is 1. The van der Waals surface area contributed by atoms with Crippen LogP contribution in [0.15, 0.2) is 95.2 Å². The number of aryl methyl sites for hydroxylation is 1. The molecule has 0 aliphatic carbocycles. The van der Waals surface area contributed by atoms with Crippen molar-refractivity contribution in [1.29, 1.82) is 0 Å². The fraction of sp³-hybridized carbons (Fsp3) is 0.0800. The maximum absolute atomic E-state index is 12.2. The minimum atomic E-state index is -0.188. The van der Waals surface area contributed by atoms with Crippen molar-refractivity contribution >= 4 is 23.9 Å². The second kappa shape index (κ2) is 9.91. The molecule has 0 spiro atoms. The zero-order valence-electron chi connectivity index (χ0n) is 17.1. The lowest BCUT2D eigenvalue weighted by atomic mass is 10.1. The molecule has 0 atom stereocenters. The number of hydrazone groups is 1. The maximum atomic E-state index is 12.2. The third-order valence-corrected chi connectivity index (χ3v) is 5.49. The number of carbonyl (C=O) groups excluding carboxylic acids is 1. The number of H-pyrrole nitrogens is 1. The van der Waals surface area contributed by atoms with Crippen molar-refractivity contribution < 1.29 is 4.79 Å². The average molecular weight is 427 g/mol. The normalized spacial score (nSPS) is 11.0. The summed E-state index contributed by atoms with van der Waals surface area (Å²) < 4.78 is 0. The first-order valence-corrected chi connectivity index (χ1v) is 10.9. The molecule has 0 unspecified atom stereocenters. The summed E-state index contributed by atoms with van der Waals surface area (Å²) in [5, 5.41) is 4.72. The van der Waals surface area contributed by atoms with E-state index in [-0.39, 0.29) is 11.7 Å². The van der Waals surface area contributed by atoms with Gasteiger partial charge in [0.25, 0.3) is 5.91 Å². The molecule has 3 aromatic carbocycles. The number of amides is 1. The van der Waals surface area contributed by atoms with Crippen LogP contribution in [0, 0.1) is 6.92 Å². The van der Waals surface area contributed by atoms with Gasteiger partial charge >= 0.3 is 0 Å². The first kappa shape index (κ1) is 20.6. The Labute approximate surface area is 185 Å². The van der Waals surface area contributed by atoms with Gasteiger partial charge in [0.05, 0.1) is 23.4 Å². The van der Waals surface area contributed by atoms with Crippen molar-refractivity contribution in [3.8, 4) is 22.5 Å². The van der Waals surface area contributed by atoms with E-state index in [4.69, 9.17) is 4.98 Å². The molecule has 0 saturated heterocycles. The van der Waals surface area contributed by atoms with E-state index in [1.807, 2.05) is 91.9 Å². The SMILES string of the molecule is Cc1ccc(/C=N/NC(=O)CSc2nc(-c3ccccc3)c(-c3ccccc3)[nH]2)cc1. The van der Waals surface area contributed by atoms with Crippen molar-refractivity contribution in [3.63, 3.8) is 0 Å². The number of benzene rings is 3. The molecule has 0 aliphatic rings. The topological polar surface area (TPSA) is 70.1 Å². The van der Waals surface area contributed by atoms with Gasteiger partial charge in [0, 0.05) is 11.1 Å². The number of hydrogen-bond donors (Lipinski definition) is 2. The molecule has 0 bridgehead atoms. The summed E-state index contributed by atoms with van der Waals surface area (Å²) >= 11 is 1.35. The number of imidazole rings is 1. The van der Waals surface area contributed by atoms with E-state index in [1.165, 1.54) is 17.3 Å². The first-order chi connectivity index (χ1) is 15.2. The van der Waals surface area contributed by atoms with Gasteiger partial charge in [-0.05, 0) is 12.5 Å². The Hall–Kier alpha value is -3.64. The van der Waals surface area contributed by atoms with Crippen LogP contribution in [0.4, 0.5) is 0 Å². The molecule has 0 fully saturated rings. The fourth-order valence-corrected chi connectivity index (χ4v) is 3.70. The fourth-order valence-electron chi connectivity index (χ4n) is 3.04. The smallest absolute Gasteiger partial charge is 0.250 e. The Morgan fingerprint density at radius 2 is 1.61 bits per heavy atom. The first-order valence-electron chi connectivity index (χ1n) is 9.91. The molecule has 5 nitrogen and oxygen atoms in total. The summed E-state index contributed by atoms with van der Waals surface area (Å²) in [5.74, 6) is 0.0218. The lowest BCUT2D eigenvalue weighted by Crippen LogP contribution is -2.19. The Morgan fingerprint density at radius 1 is 0.968 bits per heavy atom. The summed E-state index contributed by atoms with van der Waals surface area (Å²) in [6.45, 7) is 2.03. The van der Waals surface area contributed by atoms with Crippen molar-refractivity contribution in [2.75, 3.05) is 5.75 Å². The van der Waals surface area contributed by atoms with Crippen LogP contribution in [0.1, 0.15) is 11.1 Å². The minimum Gasteiger partial charge on any atom is -0.332 e. The number of rotatable bonds is 7. The quantitative estimate of drug-likeness (QED) is 0.239. The van der Waals surface area contributed by atoms with Gasteiger partial charge in [0.15, 0.2) is 5.16 Å². The van der Waals surface area contributed by atoms with Crippen LogP contribution < -0.4 is 5.43 Å². The summed E-state index contributed by atoms with van der Waals surface area (Å²) in [4.78, 5) is 20.3. The molecule has 154 valence electrons. The average Bonchev–Trinajstić information content (AvgIpc) is 3.25. The van der Waals surface area contributed by atoms with Crippen LogP contribution in [0.25, 0.3) is 22.5 Å². The van der Waals surface area contributed by atoms with Gasteiger partial charge in [0.1, 0.15) is 0 Å². The van der Waals surface area contributed by atoms with Gasteiger partial charge in [-0.15, -0.1) is 0 Å². The predicted octanol–water partition coefficient (Wildman–Crippen LogP) is 5.29. The number of hydrogen-bond acceptors (Lipinski definition) is 4. The molecule has 2 N–H and O–H groups in total. The summed E-state index contributed by atoms with van der Waals surface area (Å²) in [7, 11) is 0. The van der Waals surface area contributed by atoms with E-state index in [9.17, 15) is 4.79 Å². The van der Waals surface area contributed by atoms with Gasteiger partial charge in [-0.1, -0.05) is 102 Å². The van der Waals surface area contributed by atoms with E-state index < -0.39 is 0 Å². The Morgan fingerprint density at radius 3 is 2.29 bits per heavy atom. The van der Waals surface area contributed by atoms with Gasteiger partial charge in [0.2, 0.25) is 0 Å². The van der Waals surface area contributed by atoms with E-state index in [1.54, 1.807) is 6.21 Å². The molecular formula is C25H22N4OS. The molecule has 1 heterocycles. The van der Waals surface area contributed by atoms with Gasteiger partial charge in [-0.3, -0.25) is 4.79 Å². The zero-order chi connectivity index (χ0) is 21.5. The van der Waals surface area contributed by atoms with Gasteiger partial charge in [-0.25, -0.2) is 10.4 Å². The molecule has 0 saturated carbocycles. The molecular weight excluding hydrogens is 404 g/mol. The van der Waals surface area contributed by atoms with Crippen molar-refractivity contribution in [1.82, 2.24) is 15.4 Å². The zero-order valence-corrected chi connectivity index (χ0v) is 17.9. The molecule has 0 aliphatic heterocycles. The second-order valence-corrected chi connectivity index (χ2v) is 7.95. The highest BCUT2D eigenvalue weighted by Gasteiger charge is 2.15. The Kier molecular flexibility index (Phi) is 6.59. The van der Waals surface area contributed by atoms with Crippen molar-refractivity contribution in [2.45, 2.75) is 12.1 Å². The van der Waals surface area contributed by atoms with E-state index in [0.29, 0.717) is 5.16 Å². The number of nitrogens with zero attached hydrogens (tertiary/aromatic N) is 2. The van der Waals surface area contributed by atoms with Crippen LogP contribution in [-0.2, 0) is 4.79 Å². The van der Waals surface area contributed by atoms with Crippen LogP contribution in [0.3, 0.4) is 0 Å². The van der Waals surface area contributed by atoms with E-state index in [0.717, 1.165) is 28.1 Å². The molecule has 4 aromatic rings. The van der Waals surface area contributed by atoms with Gasteiger partial charge in [-0.2, -0.15) is 5.10 Å². The summed E-state index contributed by atoms with van der Waals surface area (Å²) in [5.41, 5.74) is 8.56. The number of thioether (sulfide) groups is 1. The standard InChI is InChI=1S/C25H22N4OS/c1-18-12-14-19(15-13-18)16-26-29-22(30)17-31-25-27-23(20-8-4-2-5-9-20)24(28-25)21-10-6-3-7-11-21/h2-16H,17H2,1H3,(H,27,28)(H,29,30)/b26-16+. The third-order valence-electron chi connectivity index (χ3n) is 4.61. The lowest BCUT2D eigenvalue weighted by molar-refractivity contribution is -0.118. The van der Waals surface area contributed by atoms with Crippen LogP contribution in [0.2, 0.25) is 0 Å². The van der Waals surface area contributed by atoms with Crippen LogP contribution in [0.5, 0.6) is 0 Å². The molecule has 1 amide bonds. The number of aromatic nitrogens is 2. The van der Waals surface area contributed by atoms with Crippen molar-refractivity contribution in [3.05, 3.63) is 96.1 Å². The maximum Gasteiger partial charge on any atom is 0.250 e. The summed E-state index contributed by atoms with van der Waals surface area (Å²) in [6.07, 6.45) is 1.63. The van der Waals surface area contributed by atoms with Crippen LogP contribution in [-0.4, -0.2) is 27.8 Å². The minimum absolute atomic E-state index is 0.188. The Bertz CT molecular complexity index is 1110. The molecule has 4 rings (SSSR count). The molecule has 6 heteroatoms. The predicted molar refractivity (Wildman–Crippen MR) is 127 cm³/mol. The van der Waals surface area contributed by atoms with E-state index >= 15 is 0 Å². The molecule has 31 heavy (non-hydrogen) atoms. The highest BCUT2D eigenvalue weighted by Crippen LogP contribution is 2.32. The van der Waals surface area contributed by atoms with Crippen molar-refractivity contribution in [2.24, 2.45) is 5.10 Å². The lowest BCUT2D eigenvalue weighted by Gasteiger charge is -2.02. The molecule has 0 radical (unpaired) electrons. The monoisotopic (exact) mass is 426 g/mol. The van der Waals surface area contributed by atoms with Gasteiger partial charge < -0.3 is 4.98 Å². The summed E-state index contributed by atoms with van der Waals surface area (Å²) in [6, 6.07) is 28.0. The third kappa shape index (κ3) is 5.49. The number of nitrogens with one attached hydrogen (secondary N) is 2. The second-order valence-electron chi connectivity index (χ2n) is 6.99.